The summed E-state index contributed by atoms with van der Waals surface area (Å²) in [5.41, 5.74) is 4.27. The molecule has 142 valence electrons. The van der Waals surface area contributed by atoms with E-state index in [1.807, 2.05) is 32.0 Å². The van der Waals surface area contributed by atoms with Crippen LogP contribution in [0.15, 0.2) is 51.5 Å². The summed E-state index contributed by atoms with van der Waals surface area (Å²) in [4.78, 5) is 0. The van der Waals surface area contributed by atoms with Gasteiger partial charge in [-0.15, -0.1) is 10.2 Å². The van der Waals surface area contributed by atoms with Gasteiger partial charge >= 0.3 is 0 Å². The monoisotopic (exact) mass is 458 g/mol. The Morgan fingerprint density at radius 3 is 2.61 bits per heavy atom. The fourth-order valence-electron chi connectivity index (χ4n) is 2.92. The molecule has 0 amide bonds. The second-order valence-electron chi connectivity index (χ2n) is 6.25. The van der Waals surface area contributed by atoms with Crippen LogP contribution >= 0.6 is 27.5 Å². The third-order valence-corrected chi connectivity index (χ3v) is 5.56. The number of benzene rings is 2. The lowest BCUT2D eigenvalue weighted by Crippen LogP contribution is -2.02. The summed E-state index contributed by atoms with van der Waals surface area (Å²) in [5.74, 6) is 1.53. The van der Waals surface area contributed by atoms with Gasteiger partial charge in [0.2, 0.25) is 5.89 Å². The summed E-state index contributed by atoms with van der Waals surface area (Å²) in [5, 5.41) is 13.5. The van der Waals surface area contributed by atoms with E-state index < -0.39 is 0 Å². The molecule has 0 N–H and O–H groups in total. The molecule has 28 heavy (non-hydrogen) atoms. The minimum absolute atomic E-state index is 0.403. The van der Waals surface area contributed by atoms with Crippen molar-refractivity contribution in [1.29, 1.82) is 0 Å². The summed E-state index contributed by atoms with van der Waals surface area (Å²) in [6.45, 7) is 3.94. The Bertz CT molecular complexity index is 1170. The van der Waals surface area contributed by atoms with E-state index in [-0.39, 0.29) is 0 Å². The Hall–Kier alpha value is -2.64. The molecule has 0 aliphatic carbocycles. The van der Waals surface area contributed by atoms with Crippen molar-refractivity contribution in [2.45, 2.75) is 13.8 Å². The molecule has 2 heterocycles. The first-order valence-electron chi connectivity index (χ1n) is 8.47. The lowest BCUT2D eigenvalue weighted by atomic mass is 10.1. The fourth-order valence-corrected chi connectivity index (χ4v) is 3.33. The van der Waals surface area contributed by atoms with Crippen molar-refractivity contribution in [2.75, 3.05) is 7.11 Å². The summed E-state index contributed by atoms with van der Waals surface area (Å²) in [6.07, 6.45) is 1.69. The zero-order valence-electron chi connectivity index (χ0n) is 15.4. The highest BCUT2D eigenvalue weighted by Crippen LogP contribution is 2.32. The van der Waals surface area contributed by atoms with Crippen molar-refractivity contribution in [3.8, 4) is 34.3 Å². The van der Waals surface area contributed by atoms with E-state index in [4.69, 9.17) is 20.8 Å². The minimum atomic E-state index is 0.403. The summed E-state index contributed by atoms with van der Waals surface area (Å²) < 4.78 is 14.1. The number of methoxy groups -OCH3 is 1. The van der Waals surface area contributed by atoms with Gasteiger partial charge in [-0.2, -0.15) is 5.10 Å². The van der Waals surface area contributed by atoms with Crippen molar-refractivity contribution in [2.24, 2.45) is 0 Å². The van der Waals surface area contributed by atoms with E-state index in [1.54, 1.807) is 36.2 Å². The van der Waals surface area contributed by atoms with Gasteiger partial charge in [0.25, 0.3) is 5.89 Å². The molecule has 4 aromatic rings. The molecule has 8 heteroatoms. The largest absolute Gasteiger partial charge is 0.494 e. The molecule has 0 bridgehead atoms. The second-order valence-corrected chi connectivity index (χ2v) is 7.54. The molecule has 2 aromatic heterocycles. The Balaban J connectivity index is 1.74. The SMILES string of the molecule is COc1ccc(Cl)cc1-n1ncc(-c2nnc(-c3ccc(Br)c(C)c3)o2)c1C. The normalized spacial score (nSPS) is 11.0. The average Bonchev–Trinajstić information content (AvgIpc) is 3.30. The molecule has 0 radical (unpaired) electrons. The summed E-state index contributed by atoms with van der Waals surface area (Å²) in [6, 6.07) is 11.3. The van der Waals surface area contributed by atoms with E-state index in [9.17, 15) is 0 Å². The van der Waals surface area contributed by atoms with Crippen LogP contribution in [0.2, 0.25) is 5.02 Å². The Morgan fingerprint density at radius 2 is 1.86 bits per heavy atom. The van der Waals surface area contributed by atoms with Crippen LogP contribution in [0.3, 0.4) is 0 Å². The van der Waals surface area contributed by atoms with Crippen LogP contribution in [0.1, 0.15) is 11.3 Å². The lowest BCUT2D eigenvalue weighted by Gasteiger charge is -2.10. The first-order valence-corrected chi connectivity index (χ1v) is 9.64. The van der Waals surface area contributed by atoms with Gasteiger partial charge in [0.15, 0.2) is 0 Å². The molecule has 0 fully saturated rings. The average molecular weight is 460 g/mol. The zero-order chi connectivity index (χ0) is 19.8. The molecule has 0 aliphatic heterocycles. The number of ether oxygens (including phenoxy) is 1. The Morgan fingerprint density at radius 1 is 1.07 bits per heavy atom. The number of halogens is 2. The van der Waals surface area contributed by atoms with Crippen LogP contribution < -0.4 is 4.74 Å². The van der Waals surface area contributed by atoms with Gasteiger partial charge in [-0.25, -0.2) is 4.68 Å². The van der Waals surface area contributed by atoms with Gasteiger partial charge in [0, 0.05) is 15.1 Å². The minimum Gasteiger partial charge on any atom is -0.494 e. The lowest BCUT2D eigenvalue weighted by molar-refractivity contribution is 0.411. The zero-order valence-corrected chi connectivity index (χ0v) is 17.7. The quantitative estimate of drug-likeness (QED) is 0.396. The number of aromatic nitrogens is 4. The van der Waals surface area contributed by atoms with E-state index >= 15 is 0 Å². The van der Waals surface area contributed by atoms with E-state index in [0.717, 1.165) is 32.5 Å². The molecule has 0 aliphatic rings. The first-order chi connectivity index (χ1) is 13.5. The number of hydrogen-bond acceptors (Lipinski definition) is 5. The van der Waals surface area contributed by atoms with Gasteiger partial charge in [0.05, 0.1) is 24.6 Å². The van der Waals surface area contributed by atoms with Gasteiger partial charge < -0.3 is 9.15 Å². The predicted molar refractivity (Wildman–Crippen MR) is 111 cm³/mol. The van der Waals surface area contributed by atoms with Crippen molar-refractivity contribution >= 4 is 27.5 Å². The van der Waals surface area contributed by atoms with E-state index in [1.165, 1.54) is 0 Å². The maximum absolute atomic E-state index is 6.15. The van der Waals surface area contributed by atoms with E-state index in [2.05, 4.69) is 31.2 Å². The highest BCUT2D eigenvalue weighted by molar-refractivity contribution is 9.10. The first kappa shape index (κ1) is 18.7. The fraction of sp³-hybridized carbons (Fsp3) is 0.150. The highest BCUT2D eigenvalue weighted by Gasteiger charge is 2.19. The standard InChI is InChI=1S/C20H16BrClN4O2/c1-11-8-13(4-6-16(11)21)19-24-25-20(28-19)15-10-23-26(12(15)2)17-9-14(22)5-7-18(17)27-3/h4-10H,1-3H3. The number of nitrogens with zero attached hydrogens (tertiary/aromatic N) is 4. The third kappa shape index (κ3) is 3.31. The van der Waals surface area contributed by atoms with Crippen molar-refractivity contribution in [1.82, 2.24) is 20.0 Å². The maximum atomic E-state index is 6.15. The molecule has 6 nitrogen and oxygen atoms in total. The summed E-state index contributed by atoms with van der Waals surface area (Å²) in [7, 11) is 1.61. The van der Waals surface area contributed by atoms with Crippen molar-refractivity contribution in [3.63, 3.8) is 0 Å². The van der Waals surface area contributed by atoms with Crippen LogP contribution in [-0.4, -0.2) is 27.1 Å². The number of hydrogen-bond donors (Lipinski definition) is 0. The molecular weight excluding hydrogens is 444 g/mol. The maximum Gasteiger partial charge on any atom is 0.251 e. The third-order valence-electron chi connectivity index (χ3n) is 4.44. The van der Waals surface area contributed by atoms with Crippen LogP contribution in [0.5, 0.6) is 5.75 Å². The second kappa shape index (κ2) is 7.41. The van der Waals surface area contributed by atoms with Gasteiger partial charge in [-0.05, 0) is 55.8 Å². The molecule has 0 saturated carbocycles. The molecule has 4 rings (SSSR count). The summed E-state index contributed by atoms with van der Waals surface area (Å²) >= 11 is 9.65. The molecular formula is C20H16BrClN4O2. The van der Waals surface area contributed by atoms with Crippen molar-refractivity contribution in [3.05, 3.63) is 63.3 Å². The van der Waals surface area contributed by atoms with Gasteiger partial charge in [-0.3, -0.25) is 0 Å². The topological polar surface area (TPSA) is 66.0 Å². The predicted octanol–water partition coefficient (Wildman–Crippen LogP) is 5.63. The number of rotatable bonds is 4. The molecule has 0 unspecified atom stereocenters. The molecule has 0 atom stereocenters. The molecule has 0 spiro atoms. The molecule has 0 saturated heterocycles. The van der Waals surface area contributed by atoms with Crippen LogP contribution in [0, 0.1) is 13.8 Å². The Kier molecular flexibility index (Phi) is 4.95. The van der Waals surface area contributed by atoms with Gasteiger partial charge in [0.1, 0.15) is 11.4 Å². The Labute approximate surface area is 175 Å². The van der Waals surface area contributed by atoms with Crippen molar-refractivity contribution < 1.29 is 9.15 Å². The smallest absolute Gasteiger partial charge is 0.251 e. The highest BCUT2D eigenvalue weighted by atomic mass is 79.9. The van der Waals surface area contributed by atoms with Crippen LogP contribution in [0.25, 0.3) is 28.6 Å². The van der Waals surface area contributed by atoms with Crippen LogP contribution in [-0.2, 0) is 0 Å². The molecule has 2 aromatic carbocycles. The number of aryl methyl sites for hydroxylation is 1. The van der Waals surface area contributed by atoms with Gasteiger partial charge in [-0.1, -0.05) is 27.5 Å². The van der Waals surface area contributed by atoms with Crippen LogP contribution in [0.4, 0.5) is 0 Å². The van der Waals surface area contributed by atoms with E-state index in [0.29, 0.717) is 22.6 Å².